The van der Waals surface area contributed by atoms with Crippen molar-refractivity contribution in [3.8, 4) is 0 Å². The Balaban J connectivity index is 1.95. The van der Waals surface area contributed by atoms with Crippen LogP contribution in [0.4, 0.5) is 18.9 Å². The number of carbonyl (C=O) groups excluding carboxylic acids is 1. The number of halogens is 4. The van der Waals surface area contributed by atoms with Gasteiger partial charge in [-0.15, -0.1) is 0 Å². The molecule has 1 unspecified atom stereocenters. The predicted octanol–water partition coefficient (Wildman–Crippen LogP) is 4.51. The zero-order chi connectivity index (χ0) is 18.9. The third-order valence-corrected chi connectivity index (χ3v) is 4.27. The first kappa shape index (κ1) is 18.3. The maximum absolute atomic E-state index is 12.7. The Hall–Kier alpha value is -2.54. The SMILES string of the molecule is COC(=O)C1CC(c2ccc(Cl)cc2)=NN1c1ccc(C(F)(F)F)cc1. The van der Waals surface area contributed by atoms with Crippen molar-refractivity contribution in [1.29, 1.82) is 0 Å². The van der Waals surface area contributed by atoms with Crippen molar-refractivity contribution in [2.45, 2.75) is 18.6 Å². The van der Waals surface area contributed by atoms with Gasteiger partial charge in [0.15, 0.2) is 6.04 Å². The van der Waals surface area contributed by atoms with E-state index in [1.165, 1.54) is 24.3 Å². The van der Waals surface area contributed by atoms with Crippen LogP contribution >= 0.6 is 11.6 Å². The van der Waals surface area contributed by atoms with Crippen molar-refractivity contribution >= 4 is 29.0 Å². The molecule has 4 nitrogen and oxygen atoms in total. The summed E-state index contributed by atoms with van der Waals surface area (Å²) in [5, 5.41) is 6.38. The van der Waals surface area contributed by atoms with E-state index >= 15 is 0 Å². The average Bonchev–Trinajstić information content (AvgIpc) is 3.06. The number of esters is 1. The third kappa shape index (κ3) is 3.67. The molecule has 1 aliphatic heterocycles. The van der Waals surface area contributed by atoms with Gasteiger partial charge >= 0.3 is 12.1 Å². The molecule has 8 heteroatoms. The minimum absolute atomic E-state index is 0.273. The molecule has 1 atom stereocenters. The second-order valence-electron chi connectivity index (χ2n) is 5.69. The van der Waals surface area contributed by atoms with E-state index in [9.17, 15) is 18.0 Å². The van der Waals surface area contributed by atoms with Crippen LogP contribution in [0.2, 0.25) is 5.02 Å². The number of hydrogen-bond acceptors (Lipinski definition) is 4. The molecular formula is C18H14ClF3N2O2. The van der Waals surface area contributed by atoms with Crippen LogP contribution in [0.15, 0.2) is 53.6 Å². The third-order valence-electron chi connectivity index (χ3n) is 4.02. The van der Waals surface area contributed by atoms with Gasteiger partial charge in [0.05, 0.1) is 24.1 Å². The summed E-state index contributed by atoms with van der Waals surface area (Å²) in [6, 6.07) is 10.7. The van der Waals surface area contributed by atoms with Crippen molar-refractivity contribution in [1.82, 2.24) is 0 Å². The molecule has 0 N–H and O–H groups in total. The minimum Gasteiger partial charge on any atom is -0.467 e. The molecule has 136 valence electrons. The van der Waals surface area contributed by atoms with Gasteiger partial charge in [-0.05, 0) is 42.0 Å². The Labute approximate surface area is 152 Å². The van der Waals surface area contributed by atoms with Crippen molar-refractivity contribution in [3.05, 3.63) is 64.7 Å². The molecule has 2 aromatic rings. The van der Waals surface area contributed by atoms with Crippen LogP contribution in [-0.4, -0.2) is 24.8 Å². The van der Waals surface area contributed by atoms with Crippen molar-refractivity contribution in [3.63, 3.8) is 0 Å². The van der Waals surface area contributed by atoms with Gasteiger partial charge in [0, 0.05) is 11.4 Å². The second-order valence-corrected chi connectivity index (χ2v) is 6.12. The lowest BCUT2D eigenvalue weighted by Gasteiger charge is -2.21. The number of ether oxygens (including phenoxy) is 1. The van der Waals surface area contributed by atoms with Gasteiger partial charge in [-0.25, -0.2) is 4.79 Å². The highest BCUT2D eigenvalue weighted by molar-refractivity contribution is 6.30. The molecule has 0 radical (unpaired) electrons. The van der Waals surface area contributed by atoms with Crippen LogP contribution in [0.3, 0.4) is 0 Å². The van der Waals surface area contributed by atoms with E-state index < -0.39 is 23.8 Å². The zero-order valence-corrected chi connectivity index (χ0v) is 14.4. The van der Waals surface area contributed by atoms with E-state index in [1.807, 2.05) is 0 Å². The maximum Gasteiger partial charge on any atom is 0.416 e. The smallest absolute Gasteiger partial charge is 0.416 e. The fourth-order valence-corrected chi connectivity index (χ4v) is 2.81. The first-order valence-corrected chi connectivity index (χ1v) is 8.05. The van der Waals surface area contributed by atoms with Gasteiger partial charge in [-0.3, -0.25) is 5.01 Å². The van der Waals surface area contributed by atoms with Gasteiger partial charge in [0.25, 0.3) is 0 Å². The quantitative estimate of drug-likeness (QED) is 0.733. The summed E-state index contributed by atoms with van der Waals surface area (Å²) >= 11 is 5.88. The molecule has 0 fully saturated rings. The van der Waals surface area contributed by atoms with Crippen molar-refractivity contribution in [2.75, 3.05) is 12.1 Å². The Morgan fingerprint density at radius 3 is 2.31 bits per heavy atom. The molecule has 0 saturated carbocycles. The summed E-state index contributed by atoms with van der Waals surface area (Å²) in [7, 11) is 1.26. The standard InChI is InChI=1S/C18H14ClF3N2O2/c1-26-17(25)16-10-15(11-2-6-13(19)7-3-11)23-24(16)14-8-4-12(5-9-14)18(20,21)22/h2-9,16H,10H2,1H3. The normalized spacial score (nSPS) is 17.2. The van der Waals surface area contributed by atoms with Gasteiger partial charge in [-0.1, -0.05) is 23.7 Å². The number of rotatable bonds is 3. The van der Waals surface area contributed by atoms with E-state index in [0.29, 0.717) is 16.4 Å². The fraction of sp³-hybridized carbons (Fsp3) is 0.222. The molecule has 0 aliphatic carbocycles. The molecule has 0 saturated heterocycles. The topological polar surface area (TPSA) is 41.9 Å². The Morgan fingerprint density at radius 1 is 1.15 bits per heavy atom. The molecule has 2 aromatic carbocycles. The second kappa shape index (κ2) is 6.99. The monoisotopic (exact) mass is 382 g/mol. The molecule has 0 spiro atoms. The van der Waals surface area contributed by atoms with Gasteiger partial charge < -0.3 is 4.74 Å². The molecule has 1 aliphatic rings. The molecule has 26 heavy (non-hydrogen) atoms. The summed E-state index contributed by atoms with van der Waals surface area (Å²) in [5.74, 6) is -0.516. The molecule has 1 heterocycles. The highest BCUT2D eigenvalue weighted by atomic mass is 35.5. The van der Waals surface area contributed by atoms with Gasteiger partial charge in [0.2, 0.25) is 0 Å². The van der Waals surface area contributed by atoms with Crippen LogP contribution in [0, 0.1) is 0 Å². The molecule has 0 aromatic heterocycles. The predicted molar refractivity (Wildman–Crippen MR) is 92.3 cm³/mol. The Bertz CT molecular complexity index is 833. The van der Waals surface area contributed by atoms with E-state index in [4.69, 9.17) is 16.3 Å². The minimum atomic E-state index is -4.43. The van der Waals surface area contributed by atoms with Crippen molar-refractivity contribution in [2.24, 2.45) is 5.10 Å². The van der Waals surface area contributed by atoms with Crippen LogP contribution in [0.25, 0.3) is 0 Å². The number of benzene rings is 2. The van der Waals surface area contributed by atoms with E-state index in [1.54, 1.807) is 24.3 Å². The van der Waals surface area contributed by atoms with E-state index in [0.717, 1.165) is 17.7 Å². The van der Waals surface area contributed by atoms with E-state index in [2.05, 4.69) is 5.10 Å². The molecular weight excluding hydrogens is 369 g/mol. The number of carbonyl (C=O) groups is 1. The Kier molecular flexibility index (Phi) is 4.91. The number of nitrogens with zero attached hydrogens (tertiary/aromatic N) is 2. The van der Waals surface area contributed by atoms with Gasteiger partial charge in [0.1, 0.15) is 0 Å². The number of anilines is 1. The van der Waals surface area contributed by atoms with Gasteiger partial charge in [-0.2, -0.15) is 18.3 Å². The van der Waals surface area contributed by atoms with Crippen LogP contribution in [0.1, 0.15) is 17.5 Å². The number of alkyl halides is 3. The lowest BCUT2D eigenvalue weighted by molar-refractivity contribution is -0.142. The fourth-order valence-electron chi connectivity index (χ4n) is 2.69. The first-order chi connectivity index (χ1) is 12.3. The van der Waals surface area contributed by atoms with Crippen molar-refractivity contribution < 1.29 is 22.7 Å². The summed E-state index contributed by atoms with van der Waals surface area (Å²) in [6.45, 7) is 0. The number of hydrogen-bond donors (Lipinski definition) is 0. The maximum atomic E-state index is 12.7. The zero-order valence-electron chi connectivity index (χ0n) is 13.6. The summed E-state index contributed by atoms with van der Waals surface area (Å²) in [4.78, 5) is 12.1. The van der Waals surface area contributed by atoms with Crippen LogP contribution in [-0.2, 0) is 15.7 Å². The summed E-state index contributed by atoms with van der Waals surface area (Å²) in [5.41, 5.74) is 1.00. The molecule has 3 rings (SSSR count). The Morgan fingerprint density at radius 2 is 1.77 bits per heavy atom. The average molecular weight is 383 g/mol. The van der Waals surface area contributed by atoms with Crippen LogP contribution in [0.5, 0.6) is 0 Å². The highest BCUT2D eigenvalue weighted by Gasteiger charge is 2.36. The largest absolute Gasteiger partial charge is 0.467 e. The lowest BCUT2D eigenvalue weighted by atomic mass is 10.0. The summed E-state index contributed by atoms with van der Waals surface area (Å²) in [6.07, 6.45) is -4.15. The highest BCUT2D eigenvalue weighted by Crippen LogP contribution is 2.33. The summed E-state index contributed by atoms with van der Waals surface area (Å²) < 4.78 is 43.1. The molecule has 0 bridgehead atoms. The molecule has 0 amide bonds. The number of hydrazone groups is 1. The van der Waals surface area contributed by atoms with E-state index in [-0.39, 0.29) is 6.42 Å². The number of methoxy groups -OCH3 is 1. The first-order valence-electron chi connectivity index (χ1n) is 7.67. The lowest BCUT2D eigenvalue weighted by Crippen LogP contribution is -2.35. The van der Waals surface area contributed by atoms with Crippen LogP contribution < -0.4 is 5.01 Å².